The molecule has 0 saturated heterocycles. The van der Waals surface area contributed by atoms with Gasteiger partial charge in [0.2, 0.25) is 0 Å². The Hall–Kier alpha value is -0.830. The second-order valence-electron chi connectivity index (χ2n) is 3.90. The molecular formula is C10H18N2O. The fourth-order valence-electron chi connectivity index (χ4n) is 1.11. The van der Waals surface area contributed by atoms with Crippen molar-refractivity contribution < 1.29 is 5.11 Å². The van der Waals surface area contributed by atoms with Crippen LogP contribution in [0.2, 0.25) is 0 Å². The van der Waals surface area contributed by atoms with Crippen LogP contribution in [0.3, 0.4) is 0 Å². The molecule has 0 spiro atoms. The molecule has 0 bridgehead atoms. The molecule has 0 saturated carbocycles. The first kappa shape index (κ1) is 10.3. The van der Waals surface area contributed by atoms with Crippen LogP contribution in [-0.4, -0.2) is 14.9 Å². The monoisotopic (exact) mass is 182 g/mol. The third-order valence-corrected chi connectivity index (χ3v) is 2.07. The van der Waals surface area contributed by atoms with Crippen molar-refractivity contribution in [1.82, 2.24) is 9.78 Å². The molecule has 3 nitrogen and oxygen atoms in total. The maximum absolute atomic E-state index is 9.26. The lowest BCUT2D eigenvalue weighted by atomic mass is 10.1. The van der Waals surface area contributed by atoms with E-state index in [4.69, 9.17) is 0 Å². The van der Waals surface area contributed by atoms with Crippen molar-refractivity contribution in [1.29, 1.82) is 0 Å². The first-order valence-corrected chi connectivity index (χ1v) is 4.80. The maximum atomic E-state index is 9.26. The molecule has 0 aliphatic heterocycles. The zero-order valence-electron chi connectivity index (χ0n) is 8.57. The number of aryl methyl sites for hydroxylation is 1. The molecule has 0 aliphatic rings. The van der Waals surface area contributed by atoms with Gasteiger partial charge in [0.1, 0.15) is 0 Å². The van der Waals surface area contributed by atoms with Crippen molar-refractivity contribution in [2.24, 2.45) is 5.92 Å². The molecule has 0 aliphatic carbocycles. The molecule has 1 unspecified atom stereocenters. The summed E-state index contributed by atoms with van der Waals surface area (Å²) in [6, 6.07) is 0. The standard InChI is InChI=1S/C10H18N2O/c1-8(2)4-5-12-7-10(6-11-12)9(3)13/h6-9,13H,4-5H2,1-3H3. The number of hydrogen-bond donors (Lipinski definition) is 1. The summed E-state index contributed by atoms with van der Waals surface area (Å²) >= 11 is 0. The summed E-state index contributed by atoms with van der Waals surface area (Å²) in [6.45, 7) is 7.08. The molecule has 1 N–H and O–H groups in total. The van der Waals surface area contributed by atoms with E-state index >= 15 is 0 Å². The van der Waals surface area contributed by atoms with E-state index in [0.717, 1.165) is 18.5 Å². The van der Waals surface area contributed by atoms with Crippen LogP contribution in [-0.2, 0) is 6.54 Å². The highest BCUT2D eigenvalue weighted by Crippen LogP contribution is 2.10. The average Bonchev–Trinajstić information content (AvgIpc) is 2.48. The second kappa shape index (κ2) is 4.42. The minimum atomic E-state index is -0.409. The molecule has 13 heavy (non-hydrogen) atoms. The second-order valence-corrected chi connectivity index (χ2v) is 3.90. The van der Waals surface area contributed by atoms with Crippen LogP contribution in [0, 0.1) is 5.92 Å². The highest BCUT2D eigenvalue weighted by molar-refractivity contribution is 5.06. The first-order valence-electron chi connectivity index (χ1n) is 4.80. The van der Waals surface area contributed by atoms with Crippen molar-refractivity contribution in [2.45, 2.75) is 39.8 Å². The SMILES string of the molecule is CC(C)CCn1cc(C(C)O)cn1. The number of aromatic nitrogens is 2. The van der Waals surface area contributed by atoms with Gasteiger partial charge < -0.3 is 5.11 Å². The van der Waals surface area contributed by atoms with Crippen molar-refractivity contribution in [2.75, 3.05) is 0 Å². The lowest BCUT2D eigenvalue weighted by Crippen LogP contribution is -2.01. The summed E-state index contributed by atoms with van der Waals surface area (Å²) in [5.74, 6) is 0.694. The van der Waals surface area contributed by atoms with Gasteiger partial charge in [-0.25, -0.2) is 0 Å². The first-order chi connectivity index (χ1) is 6.09. The summed E-state index contributed by atoms with van der Waals surface area (Å²) in [6.07, 6.45) is 4.35. The van der Waals surface area contributed by atoms with E-state index in [0.29, 0.717) is 5.92 Å². The summed E-state index contributed by atoms with van der Waals surface area (Å²) in [4.78, 5) is 0. The normalized spacial score (nSPS) is 13.6. The molecule has 0 amide bonds. The smallest absolute Gasteiger partial charge is 0.0792 e. The number of aliphatic hydroxyl groups is 1. The number of hydrogen-bond acceptors (Lipinski definition) is 2. The van der Waals surface area contributed by atoms with E-state index in [1.165, 1.54) is 0 Å². The minimum Gasteiger partial charge on any atom is -0.389 e. The predicted molar refractivity (Wildman–Crippen MR) is 52.3 cm³/mol. The Bertz CT molecular complexity index is 253. The molecule has 74 valence electrons. The molecule has 1 heterocycles. The largest absolute Gasteiger partial charge is 0.389 e. The fourth-order valence-corrected chi connectivity index (χ4v) is 1.11. The Morgan fingerprint density at radius 2 is 2.15 bits per heavy atom. The Balaban J connectivity index is 2.49. The maximum Gasteiger partial charge on any atom is 0.0792 e. The zero-order chi connectivity index (χ0) is 9.84. The molecular weight excluding hydrogens is 164 g/mol. The quantitative estimate of drug-likeness (QED) is 0.773. The van der Waals surface area contributed by atoms with Gasteiger partial charge in [0.25, 0.3) is 0 Å². The van der Waals surface area contributed by atoms with E-state index in [2.05, 4.69) is 18.9 Å². The number of aliphatic hydroxyl groups excluding tert-OH is 1. The third-order valence-electron chi connectivity index (χ3n) is 2.07. The molecule has 0 fully saturated rings. The van der Waals surface area contributed by atoms with Gasteiger partial charge in [-0.1, -0.05) is 13.8 Å². The van der Waals surface area contributed by atoms with Crippen LogP contribution >= 0.6 is 0 Å². The summed E-state index contributed by atoms with van der Waals surface area (Å²) in [5.41, 5.74) is 0.892. The van der Waals surface area contributed by atoms with E-state index in [9.17, 15) is 5.11 Å². The van der Waals surface area contributed by atoms with Crippen LogP contribution in [0.25, 0.3) is 0 Å². The Morgan fingerprint density at radius 3 is 2.62 bits per heavy atom. The highest BCUT2D eigenvalue weighted by atomic mass is 16.3. The van der Waals surface area contributed by atoms with Crippen molar-refractivity contribution >= 4 is 0 Å². The topological polar surface area (TPSA) is 38.0 Å². The van der Waals surface area contributed by atoms with Gasteiger partial charge in [0.15, 0.2) is 0 Å². The van der Waals surface area contributed by atoms with Crippen LogP contribution < -0.4 is 0 Å². The molecule has 0 aromatic carbocycles. The van der Waals surface area contributed by atoms with Gasteiger partial charge in [-0.05, 0) is 19.3 Å². The summed E-state index contributed by atoms with van der Waals surface area (Å²) in [7, 11) is 0. The molecule has 3 heteroatoms. The Kier molecular flexibility index (Phi) is 3.48. The van der Waals surface area contributed by atoms with E-state index in [-0.39, 0.29) is 0 Å². The van der Waals surface area contributed by atoms with Crippen LogP contribution in [0.4, 0.5) is 0 Å². The van der Waals surface area contributed by atoms with Gasteiger partial charge in [0.05, 0.1) is 12.3 Å². The van der Waals surface area contributed by atoms with Gasteiger partial charge in [-0.3, -0.25) is 4.68 Å². The third kappa shape index (κ3) is 3.19. The highest BCUT2D eigenvalue weighted by Gasteiger charge is 2.03. The predicted octanol–water partition coefficient (Wildman–Crippen LogP) is 1.98. The average molecular weight is 182 g/mol. The van der Waals surface area contributed by atoms with E-state index in [1.54, 1.807) is 13.1 Å². The lowest BCUT2D eigenvalue weighted by molar-refractivity contribution is 0.199. The summed E-state index contributed by atoms with van der Waals surface area (Å²) in [5, 5.41) is 13.4. The Labute approximate surface area is 79.4 Å². The van der Waals surface area contributed by atoms with E-state index in [1.807, 2.05) is 10.9 Å². The van der Waals surface area contributed by atoms with Crippen molar-refractivity contribution in [3.8, 4) is 0 Å². The number of rotatable bonds is 4. The lowest BCUT2D eigenvalue weighted by Gasteiger charge is -2.04. The zero-order valence-corrected chi connectivity index (χ0v) is 8.57. The number of nitrogens with zero attached hydrogens (tertiary/aromatic N) is 2. The molecule has 1 atom stereocenters. The molecule has 1 rings (SSSR count). The van der Waals surface area contributed by atoms with Gasteiger partial charge in [-0.15, -0.1) is 0 Å². The van der Waals surface area contributed by atoms with Crippen LogP contribution in [0.15, 0.2) is 12.4 Å². The molecule has 1 aromatic heterocycles. The molecule has 0 radical (unpaired) electrons. The van der Waals surface area contributed by atoms with Crippen molar-refractivity contribution in [3.63, 3.8) is 0 Å². The van der Waals surface area contributed by atoms with Gasteiger partial charge in [0, 0.05) is 18.3 Å². The van der Waals surface area contributed by atoms with Crippen molar-refractivity contribution in [3.05, 3.63) is 18.0 Å². The van der Waals surface area contributed by atoms with Crippen LogP contribution in [0.1, 0.15) is 38.9 Å². The van der Waals surface area contributed by atoms with E-state index < -0.39 is 6.10 Å². The Morgan fingerprint density at radius 1 is 1.46 bits per heavy atom. The summed E-state index contributed by atoms with van der Waals surface area (Å²) < 4.78 is 1.89. The molecule has 1 aromatic rings. The minimum absolute atomic E-state index is 0.409. The van der Waals surface area contributed by atoms with Gasteiger partial charge >= 0.3 is 0 Å². The fraction of sp³-hybridized carbons (Fsp3) is 0.700. The van der Waals surface area contributed by atoms with Gasteiger partial charge in [-0.2, -0.15) is 5.10 Å². The van der Waals surface area contributed by atoms with Crippen LogP contribution in [0.5, 0.6) is 0 Å².